The summed E-state index contributed by atoms with van der Waals surface area (Å²) in [6.07, 6.45) is 7.37. The second kappa shape index (κ2) is 5.36. The first-order valence-electron chi connectivity index (χ1n) is 8.83. The number of amides is 1. The molecule has 4 saturated carbocycles. The molecule has 5 nitrogen and oxygen atoms in total. The van der Waals surface area contributed by atoms with Gasteiger partial charge in [0.25, 0.3) is 0 Å². The van der Waals surface area contributed by atoms with E-state index in [2.05, 4.69) is 27.4 Å². The third kappa shape index (κ3) is 2.34. The van der Waals surface area contributed by atoms with Crippen LogP contribution in [0.1, 0.15) is 63.1 Å². The molecule has 0 radical (unpaired) electrons. The Morgan fingerprint density at radius 2 is 1.86 bits per heavy atom. The van der Waals surface area contributed by atoms with Crippen LogP contribution in [0.3, 0.4) is 0 Å². The van der Waals surface area contributed by atoms with E-state index in [0.717, 1.165) is 29.9 Å². The number of aromatic amines is 1. The van der Waals surface area contributed by atoms with Crippen molar-refractivity contribution >= 4 is 5.91 Å². The van der Waals surface area contributed by atoms with E-state index in [-0.39, 0.29) is 17.9 Å². The van der Waals surface area contributed by atoms with Crippen molar-refractivity contribution < 1.29 is 4.79 Å². The standard InChI is InChI=1S/C17H26N4O/c1-3-14(16-18-9(2)20-21-16)19-17(22)15-12-5-10-4-11(7-12)8-13(15)6-10/h10-15H,3-8H2,1-2H3,(H,19,22)(H,18,20,21)/t10?,11?,12?,13?,14-,15?/m0/s1. The fourth-order valence-electron chi connectivity index (χ4n) is 5.49. The number of carbonyl (C=O) groups excluding carboxylic acids is 1. The molecule has 0 saturated heterocycles. The lowest BCUT2D eigenvalue weighted by atomic mass is 9.51. The molecule has 4 fully saturated rings. The minimum absolute atomic E-state index is 0.0605. The van der Waals surface area contributed by atoms with Crippen LogP contribution in [0.2, 0.25) is 0 Å². The highest BCUT2D eigenvalue weighted by Crippen LogP contribution is 2.56. The Morgan fingerprint density at radius 3 is 2.36 bits per heavy atom. The average Bonchev–Trinajstić information content (AvgIpc) is 2.90. The van der Waals surface area contributed by atoms with Crippen molar-refractivity contribution in [2.24, 2.45) is 29.6 Å². The summed E-state index contributed by atoms with van der Waals surface area (Å²) in [5, 5.41) is 10.3. The highest BCUT2D eigenvalue weighted by molar-refractivity contribution is 5.80. The zero-order chi connectivity index (χ0) is 15.3. The van der Waals surface area contributed by atoms with Crippen LogP contribution in [0.25, 0.3) is 0 Å². The molecule has 1 amide bonds. The highest BCUT2D eigenvalue weighted by Gasteiger charge is 2.50. The molecule has 120 valence electrons. The van der Waals surface area contributed by atoms with Crippen LogP contribution in [0.4, 0.5) is 0 Å². The topological polar surface area (TPSA) is 70.7 Å². The zero-order valence-electron chi connectivity index (χ0n) is 13.5. The van der Waals surface area contributed by atoms with Gasteiger partial charge in [-0.25, -0.2) is 4.98 Å². The van der Waals surface area contributed by atoms with Crippen molar-refractivity contribution in [3.63, 3.8) is 0 Å². The zero-order valence-corrected chi connectivity index (χ0v) is 13.5. The molecule has 0 spiro atoms. The van der Waals surface area contributed by atoms with Crippen LogP contribution in [0.5, 0.6) is 0 Å². The van der Waals surface area contributed by atoms with Crippen molar-refractivity contribution in [2.75, 3.05) is 0 Å². The minimum atomic E-state index is -0.0605. The van der Waals surface area contributed by atoms with Crippen LogP contribution in [0, 0.1) is 36.5 Å². The van der Waals surface area contributed by atoms with Gasteiger partial charge in [-0.05, 0) is 69.1 Å². The highest BCUT2D eigenvalue weighted by atomic mass is 16.2. The number of aryl methyl sites for hydroxylation is 1. The Kier molecular flexibility index (Phi) is 3.46. The van der Waals surface area contributed by atoms with Gasteiger partial charge in [0.05, 0.1) is 6.04 Å². The van der Waals surface area contributed by atoms with Gasteiger partial charge in [0.15, 0.2) is 5.82 Å². The van der Waals surface area contributed by atoms with Gasteiger partial charge in [-0.1, -0.05) is 6.92 Å². The molecule has 0 aliphatic heterocycles. The molecular formula is C17H26N4O. The molecule has 4 bridgehead atoms. The number of nitrogens with one attached hydrogen (secondary N) is 2. The smallest absolute Gasteiger partial charge is 0.224 e. The summed E-state index contributed by atoms with van der Waals surface area (Å²) >= 11 is 0. The maximum Gasteiger partial charge on any atom is 0.224 e. The van der Waals surface area contributed by atoms with Crippen molar-refractivity contribution in [1.82, 2.24) is 20.5 Å². The van der Waals surface area contributed by atoms with Crippen LogP contribution in [-0.2, 0) is 4.79 Å². The largest absolute Gasteiger partial charge is 0.346 e. The van der Waals surface area contributed by atoms with E-state index in [4.69, 9.17) is 0 Å². The van der Waals surface area contributed by atoms with Gasteiger partial charge >= 0.3 is 0 Å². The molecule has 0 unspecified atom stereocenters. The SMILES string of the molecule is CC[C@H](NC(=O)C1C2CC3CC(C2)CC1C3)c1n[nH]c(C)n1. The number of hydrogen-bond acceptors (Lipinski definition) is 3. The van der Waals surface area contributed by atoms with Crippen molar-refractivity contribution in [1.29, 1.82) is 0 Å². The molecule has 4 aliphatic rings. The molecule has 5 rings (SSSR count). The predicted octanol–water partition coefficient (Wildman–Crippen LogP) is 2.75. The van der Waals surface area contributed by atoms with Crippen LogP contribution in [-0.4, -0.2) is 21.1 Å². The third-order valence-electron chi connectivity index (χ3n) is 6.18. The average molecular weight is 302 g/mol. The van der Waals surface area contributed by atoms with Crippen LogP contribution >= 0.6 is 0 Å². The molecule has 1 aromatic heterocycles. The van der Waals surface area contributed by atoms with Gasteiger partial charge < -0.3 is 5.32 Å². The van der Waals surface area contributed by atoms with Gasteiger partial charge in [0.2, 0.25) is 5.91 Å². The van der Waals surface area contributed by atoms with E-state index in [1.54, 1.807) is 0 Å². The van der Waals surface area contributed by atoms with E-state index in [0.29, 0.717) is 11.8 Å². The van der Waals surface area contributed by atoms with E-state index in [1.807, 2.05) is 6.92 Å². The Balaban J connectivity index is 1.47. The molecule has 1 aromatic rings. The molecule has 1 heterocycles. The van der Waals surface area contributed by atoms with E-state index in [9.17, 15) is 4.79 Å². The molecule has 5 heteroatoms. The summed E-state index contributed by atoms with van der Waals surface area (Å²) in [7, 11) is 0. The second-order valence-corrected chi connectivity index (χ2v) is 7.70. The summed E-state index contributed by atoms with van der Waals surface area (Å²) in [4.78, 5) is 17.3. The summed E-state index contributed by atoms with van der Waals surface area (Å²) in [5.41, 5.74) is 0. The van der Waals surface area contributed by atoms with Gasteiger partial charge in [0.1, 0.15) is 5.82 Å². The van der Waals surface area contributed by atoms with E-state index in [1.165, 1.54) is 32.1 Å². The van der Waals surface area contributed by atoms with E-state index < -0.39 is 0 Å². The first kappa shape index (κ1) is 14.2. The lowest BCUT2D eigenvalue weighted by molar-refractivity contribution is -0.139. The first-order valence-corrected chi connectivity index (χ1v) is 8.83. The minimum Gasteiger partial charge on any atom is -0.346 e. The van der Waals surface area contributed by atoms with Gasteiger partial charge in [-0.2, -0.15) is 5.10 Å². The fraction of sp³-hybridized carbons (Fsp3) is 0.824. The van der Waals surface area contributed by atoms with Crippen molar-refractivity contribution in [2.45, 2.75) is 58.4 Å². The third-order valence-corrected chi connectivity index (χ3v) is 6.18. The van der Waals surface area contributed by atoms with Crippen LogP contribution in [0.15, 0.2) is 0 Å². The van der Waals surface area contributed by atoms with Crippen molar-refractivity contribution in [3.05, 3.63) is 11.6 Å². The first-order chi connectivity index (χ1) is 10.6. The summed E-state index contributed by atoms with van der Waals surface area (Å²) < 4.78 is 0. The molecule has 4 aliphatic carbocycles. The van der Waals surface area contributed by atoms with Crippen LogP contribution < -0.4 is 5.32 Å². The maximum atomic E-state index is 12.9. The van der Waals surface area contributed by atoms with Crippen molar-refractivity contribution in [3.8, 4) is 0 Å². The van der Waals surface area contributed by atoms with E-state index >= 15 is 0 Å². The van der Waals surface area contributed by atoms with Gasteiger partial charge in [0, 0.05) is 5.92 Å². The molecule has 22 heavy (non-hydrogen) atoms. The molecule has 0 aromatic carbocycles. The number of H-pyrrole nitrogens is 1. The number of carbonyl (C=O) groups is 1. The lowest BCUT2D eigenvalue weighted by Crippen LogP contribution is -2.51. The fourth-order valence-corrected chi connectivity index (χ4v) is 5.49. The number of hydrogen-bond donors (Lipinski definition) is 2. The van der Waals surface area contributed by atoms with Gasteiger partial charge in [-0.15, -0.1) is 0 Å². The summed E-state index contributed by atoms with van der Waals surface area (Å²) in [6.45, 7) is 3.97. The summed E-state index contributed by atoms with van der Waals surface area (Å²) in [5.74, 6) is 5.08. The lowest BCUT2D eigenvalue weighted by Gasteiger charge is -2.53. The number of nitrogens with zero attached hydrogens (tertiary/aromatic N) is 2. The summed E-state index contributed by atoms with van der Waals surface area (Å²) in [6, 6.07) is -0.0605. The Hall–Kier alpha value is -1.39. The Bertz CT molecular complexity index is 539. The molecular weight excluding hydrogens is 276 g/mol. The molecule has 1 atom stereocenters. The Labute approximate surface area is 131 Å². The monoisotopic (exact) mass is 302 g/mol. The number of rotatable bonds is 4. The van der Waals surface area contributed by atoms with Gasteiger partial charge in [-0.3, -0.25) is 9.89 Å². The second-order valence-electron chi connectivity index (χ2n) is 7.70. The quantitative estimate of drug-likeness (QED) is 0.898. The Morgan fingerprint density at radius 1 is 1.23 bits per heavy atom. The predicted molar refractivity (Wildman–Crippen MR) is 82.8 cm³/mol. The normalized spacial score (nSPS) is 37.3. The number of aromatic nitrogens is 3. The maximum absolute atomic E-state index is 12.9. The molecule has 2 N–H and O–H groups in total.